The van der Waals surface area contributed by atoms with Gasteiger partial charge >= 0.3 is 0 Å². The molecule has 0 bridgehead atoms. The fourth-order valence-electron chi connectivity index (χ4n) is 3.88. The van der Waals surface area contributed by atoms with Gasteiger partial charge in [-0.15, -0.1) is 0 Å². The minimum absolute atomic E-state index is 0.601. The van der Waals surface area contributed by atoms with Crippen molar-refractivity contribution in [3.63, 3.8) is 0 Å². The van der Waals surface area contributed by atoms with E-state index in [9.17, 15) is 0 Å². The number of rotatable bonds is 3. The molecule has 0 aromatic heterocycles. The fraction of sp³-hybridized carbons (Fsp3) is 1.00. The second kappa shape index (κ2) is 6.41. The molecule has 2 saturated carbocycles. The third kappa shape index (κ3) is 4.26. The molecule has 18 heavy (non-hydrogen) atoms. The van der Waals surface area contributed by atoms with Gasteiger partial charge < -0.3 is 5.32 Å². The molecule has 0 unspecified atom stereocenters. The molecule has 0 aromatic rings. The summed E-state index contributed by atoms with van der Waals surface area (Å²) in [6, 6.07) is 1.55. The van der Waals surface area contributed by atoms with E-state index < -0.39 is 0 Å². The van der Waals surface area contributed by atoms with Gasteiger partial charge in [0.15, 0.2) is 0 Å². The minimum Gasteiger partial charge on any atom is -0.311 e. The van der Waals surface area contributed by atoms with Crippen LogP contribution in [-0.4, -0.2) is 12.1 Å². The highest BCUT2D eigenvalue weighted by Gasteiger charge is 2.28. The van der Waals surface area contributed by atoms with E-state index in [0.29, 0.717) is 5.41 Å². The molecule has 1 heteroatoms. The van der Waals surface area contributed by atoms with E-state index in [0.717, 1.165) is 18.0 Å². The Morgan fingerprint density at radius 1 is 0.889 bits per heavy atom. The van der Waals surface area contributed by atoms with Gasteiger partial charge in [0.2, 0.25) is 0 Å². The first-order valence-corrected chi connectivity index (χ1v) is 8.33. The van der Waals surface area contributed by atoms with Crippen molar-refractivity contribution in [3.05, 3.63) is 0 Å². The highest BCUT2D eigenvalue weighted by atomic mass is 15.0. The molecule has 0 spiro atoms. The molecule has 1 N–H and O–H groups in total. The second-order valence-electron chi connectivity index (χ2n) is 7.65. The SMILES string of the molecule is C[C@H](NC1CCC(C)(C)CC1)C1CCCCCC1. The van der Waals surface area contributed by atoms with Crippen molar-refractivity contribution in [2.24, 2.45) is 11.3 Å². The van der Waals surface area contributed by atoms with Crippen LogP contribution in [-0.2, 0) is 0 Å². The summed E-state index contributed by atoms with van der Waals surface area (Å²) in [6.45, 7) is 7.30. The Bertz CT molecular complexity index is 228. The third-order valence-electron chi connectivity index (χ3n) is 5.44. The van der Waals surface area contributed by atoms with Gasteiger partial charge in [0.05, 0.1) is 0 Å². The lowest BCUT2D eigenvalue weighted by molar-refractivity contribution is 0.186. The second-order valence-corrected chi connectivity index (χ2v) is 7.65. The predicted molar refractivity (Wildman–Crippen MR) is 79.8 cm³/mol. The third-order valence-corrected chi connectivity index (χ3v) is 5.44. The average Bonchev–Trinajstić information content (AvgIpc) is 2.60. The normalized spacial score (nSPS) is 28.8. The topological polar surface area (TPSA) is 12.0 Å². The highest BCUT2D eigenvalue weighted by Crippen LogP contribution is 2.35. The van der Waals surface area contributed by atoms with E-state index in [1.165, 1.54) is 64.2 Å². The lowest BCUT2D eigenvalue weighted by atomic mass is 9.75. The van der Waals surface area contributed by atoms with Crippen LogP contribution in [0, 0.1) is 11.3 Å². The molecular formula is C17H33N. The highest BCUT2D eigenvalue weighted by molar-refractivity contribution is 4.85. The Morgan fingerprint density at radius 2 is 1.44 bits per heavy atom. The Morgan fingerprint density at radius 3 is 2.00 bits per heavy atom. The van der Waals surface area contributed by atoms with E-state index in [2.05, 4.69) is 26.1 Å². The molecule has 2 fully saturated rings. The molecular weight excluding hydrogens is 218 g/mol. The van der Waals surface area contributed by atoms with E-state index in [4.69, 9.17) is 0 Å². The van der Waals surface area contributed by atoms with Gasteiger partial charge in [-0.25, -0.2) is 0 Å². The summed E-state index contributed by atoms with van der Waals surface area (Å²) < 4.78 is 0. The first-order valence-electron chi connectivity index (χ1n) is 8.33. The molecule has 1 nitrogen and oxygen atoms in total. The quantitative estimate of drug-likeness (QED) is 0.703. The summed E-state index contributed by atoms with van der Waals surface area (Å²) in [5, 5.41) is 3.95. The fourth-order valence-corrected chi connectivity index (χ4v) is 3.88. The summed E-state index contributed by atoms with van der Waals surface area (Å²) in [5.74, 6) is 0.947. The zero-order valence-corrected chi connectivity index (χ0v) is 12.8. The van der Waals surface area contributed by atoms with Crippen LogP contribution in [0.15, 0.2) is 0 Å². The van der Waals surface area contributed by atoms with Crippen LogP contribution in [0.1, 0.15) is 85.0 Å². The number of hydrogen-bond acceptors (Lipinski definition) is 1. The molecule has 106 valence electrons. The molecule has 0 amide bonds. The summed E-state index contributed by atoms with van der Waals surface area (Å²) in [6.07, 6.45) is 14.4. The van der Waals surface area contributed by atoms with Crippen LogP contribution in [0.5, 0.6) is 0 Å². The predicted octanol–water partition coefficient (Wildman–Crippen LogP) is 4.90. The molecule has 0 aliphatic heterocycles. The van der Waals surface area contributed by atoms with Gasteiger partial charge in [0.1, 0.15) is 0 Å². The van der Waals surface area contributed by atoms with Gasteiger partial charge in [-0.2, -0.15) is 0 Å². The standard InChI is InChI=1S/C17H33N/c1-14(15-8-6-4-5-7-9-15)18-16-10-12-17(2,3)13-11-16/h14-16,18H,4-13H2,1-3H3/t14-/m0/s1. The Balaban J connectivity index is 1.75. The van der Waals surface area contributed by atoms with Crippen molar-refractivity contribution < 1.29 is 0 Å². The maximum atomic E-state index is 3.95. The van der Waals surface area contributed by atoms with Crippen LogP contribution < -0.4 is 5.32 Å². The Labute approximate surface area is 114 Å². The first kappa shape index (κ1) is 14.4. The Hall–Kier alpha value is -0.0400. The van der Waals surface area contributed by atoms with Crippen molar-refractivity contribution in [3.8, 4) is 0 Å². The lowest BCUT2D eigenvalue weighted by Gasteiger charge is -2.37. The van der Waals surface area contributed by atoms with Gasteiger partial charge in [-0.1, -0.05) is 39.5 Å². The van der Waals surface area contributed by atoms with Crippen LogP contribution in [0.25, 0.3) is 0 Å². The summed E-state index contributed by atoms with van der Waals surface area (Å²) in [4.78, 5) is 0. The Kier molecular flexibility index (Phi) is 5.12. The van der Waals surface area contributed by atoms with Crippen molar-refractivity contribution in [2.45, 2.75) is 97.1 Å². The van der Waals surface area contributed by atoms with Crippen molar-refractivity contribution in [1.29, 1.82) is 0 Å². The molecule has 0 aromatic carbocycles. The van der Waals surface area contributed by atoms with E-state index in [1.54, 1.807) is 0 Å². The summed E-state index contributed by atoms with van der Waals surface area (Å²) in [5.41, 5.74) is 0.601. The van der Waals surface area contributed by atoms with E-state index >= 15 is 0 Å². The molecule has 1 atom stereocenters. The van der Waals surface area contributed by atoms with Crippen LogP contribution in [0.4, 0.5) is 0 Å². The first-order chi connectivity index (χ1) is 8.57. The summed E-state index contributed by atoms with van der Waals surface area (Å²) in [7, 11) is 0. The monoisotopic (exact) mass is 251 g/mol. The van der Waals surface area contributed by atoms with Crippen molar-refractivity contribution >= 4 is 0 Å². The molecule has 0 saturated heterocycles. The lowest BCUT2D eigenvalue weighted by Crippen LogP contribution is -2.43. The zero-order valence-electron chi connectivity index (χ0n) is 12.8. The molecule has 2 aliphatic rings. The van der Waals surface area contributed by atoms with Gasteiger partial charge in [-0.3, -0.25) is 0 Å². The smallest absolute Gasteiger partial charge is 0.00700 e. The molecule has 0 heterocycles. The molecule has 2 aliphatic carbocycles. The van der Waals surface area contributed by atoms with Crippen molar-refractivity contribution in [1.82, 2.24) is 5.32 Å². The number of nitrogens with one attached hydrogen (secondary N) is 1. The maximum Gasteiger partial charge on any atom is 0.00700 e. The van der Waals surface area contributed by atoms with Crippen LogP contribution in [0.3, 0.4) is 0 Å². The van der Waals surface area contributed by atoms with Crippen LogP contribution in [0.2, 0.25) is 0 Å². The summed E-state index contributed by atoms with van der Waals surface area (Å²) >= 11 is 0. The van der Waals surface area contributed by atoms with Gasteiger partial charge in [-0.05, 0) is 56.8 Å². The van der Waals surface area contributed by atoms with Gasteiger partial charge in [0, 0.05) is 12.1 Å². The van der Waals surface area contributed by atoms with Crippen molar-refractivity contribution in [2.75, 3.05) is 0 Å². The average molecular weight is 251 g/mol. The largest absolute Gasteiger partial charge is 0.311 e. The van der Waals surface area contributed by atoms with E-state index in [-0.39, 0.29) is 0 Å². The maximum absolute atomic E-state index is 3.95. The van der Waals surface area contributed by atoms with Crippen LogP contribution >= 0.6 is 0 Å². The van der Waals surface area contributed by atoms with E-state index in [1.807, 2.05) is 0 Å². The molecule has 2 rings (SSSR count). The molecule has 0 radical (unpaired) electrons. The number of hydrogen-bond donors (Lipinski definition) is 1. The van der Waals surface area contributed by atoms with Gasteiger partial charge in [0.25, 0.3) is 0 Å². The zero-order chi connectivity index (χ0) is 13.0. The minimum atomic E-state index is 0.601.